The van der Waals surface area contributed by atoms with Crippen molar-refractivity contribution >= 4 is 29.2 Å². The number of carbonyl (C=O) groups excluding carboxylic acids is 2. The molecule has 0 unspecified atom stereocenters. The molecule has 0 N–H and O–H groups in total. The Bertz CT molecular complexity index is 777. The van der Waals surface area contributed by atoms with Crippen molar-refractivity contribution < 1.29 is 23.6 Å². The van der Waals surface area contributed by atoms with E-state index in [1.165, 1.54) is 43.3 Å². The number of nitro benzene ring substituents is 1. The highest BCUT2D eigenvalue weighted by Crippen LogP contribution is 2.21. The number of halogens is 1. The SMILES string of the molecule is C[C@@H](OC(=O)CSc1ccc([N+](=O)[O-])cc1)C(=O)c1ccc(F)cc1. The number of hydrogen-bond donors (Lipinski definition) is 0. The Hall–Kier alpha value is -2.74. The fourth-order valence-corrected chi connectivity index (χ4v) is 2.62. The molecule has 0 aromatic heterocycles. The predicted octanol–water partition coefficient (Wildman–Crippen LogP) is 3.64. The summed E-state index contributed by atoms with van der Waals surface area (Å²) in [6.07, 6.45) is -0.990. The second-order valence-electron chi connectivity index (χ2n) is 5.04. The monoisotopic (exact) mass is 363 g/mol. The van der Waals surface area contributed by atoms with Crippen molar-refractivity contribution in [3.63, 3.8) is 0 Å². The van der Waals surface area contributed by atoms with E-state index in [2.05, 4.69) is 0 Å². The summed E-state index contributed by atoms with van der Waals surface area (Å²) in [6.45, 7) is 1.44. The molecule has 0 radical (unpaired) electrons. The molecule has 0 fully saturated rings. The van der Waals surface area contributed by atoms with Gasteiger partial charge in [0.2, 0.25) is 5.78 Å². The van der Waals surface area contributed by atoms with Gasteiger partial charge >= 0.3 is 5.97 Å². The van der Waals surface area contributed by atoms with Gasteiger partial charge < -0.3 is 4.74 Å². The summed E-state index contributed by atoms with van der Waals surface area (Å²) < 4.78 is 17.9. The molecule has 8 heteroatoms. The lowest BCUT2D eigenvalue weighted by Crippen LogP contribution is -2.25. The number of esters is 1. The van der Waals surface area contributed by atoms with Crippen molar-refractivity contribution in [1.29, 1.82) is 0 Å². The van der Waals surface area contributed by atoms with Crippen molar-refractivity contribution in [1.82, 2.24) is 0 Å². The largest absolute Gasteiger partial charge is 0.454 e. The Labute approximate surface area is 147 Å². The maximum Gasteiger partial charge on any atom is 0.316 e. The Morgan fingerprint density at radius 1 is 1.16 bits per heavy atom. The van der Waals surface area contributed by atoms with Crippen LogP contribution in [-0.4, -0.2) is 28.5 Å². The van der Waals surface area contributed by atoms with Crippen LogP contribution in [0, 0.1) is 15.9 Å². The number of rotatable bonds is 7. The van der Waals surface area contributed by atoms with Gasteiger partial charge in [-0.1, -0.05) is 0 Å². The van der Waals surface area contributed by atoms with Crippen LogP contribution >= 0.6 is 11.8 Å². The Morgan fingerprint density at radius 2 is 1.76 bits per heavy atom. The maximum atomic E-state index is 12.9. The van der Waals surface area contributed by atoms with Gasteiger partial charge in [0.25, 0.3) is 5.69 Å². The van der Waals surface area contributed by atoms with Crippen LogP contribution in [0.25, 0.3) is 0 Å². The normalized spacial score (nSPS) is 11.6. The molecule has 0 bridgehead atoms. The van der Waals surface area contributed by atoms with Gasteiger partial charge in [0, 0.05) is 22.6 Å². The minimum Gasteiger partial charge on any atom is -0.454 e. The van der Waals surface area contributed by atoms with Crippen molar-refractivity contribution in [3.05, 3.63) is 70.0 Å². The van der Waals surface area contributed by atoms with Gasteiger partial charge in [0.05, 0.1) is 10.7 Å². The third-order valence-corrected chi connectivity index (χ3v) is 4.20. The van der Waals surface area contributed by atoms with Crippen LogP contribution < -0.4 is 0 Å². The lowest BCUT2D eigenvalue weighted by atomic mass is 10.1. The first-order valence-corrected chi connectivity index (χ1v) is 8.22. The summed E-state index contributed by atoms with van der Waals surface area (Å²) >= 11 is 1.14. The van der Waals surface area contributed by atoms with E-state index in [4.69, 9.17) is 4.74 Å². The summed E-state index contributed by atoms with van der Waals surface area (Å²) in [5, 5.41) is 10.6. The second-order valence-corrected chi connectivity index (χ2v) is 6.09. The first kappa shape index (κ1) is 18.6. The van der Waals surface area contributed by atoms with E-state index in [1.54, 1.807) is 0 Å². The molecule has 2 aromatic carbocycles. The molecule has 130 valence electrons. The molecular weight excluding hydrogens is 349 g/mol. The zero-order chi connectivity index (χ0) is 18.4. The van der Waals surface area contributed by atoms with Crippen LogP contribution in [0.15, 0.2) is 53.4 Å². The number of ketones is 1. The molecule has 0 heterocycles. The van der Waals surface area contributed by atoms with Crippen LogP contribution in [0.4, 0.5) is 10.1 Å². The van der Waals surface area contributed by atoms with E-state index in [9.17, 15) is 24.1 Å². The number of hydrogen-bond acceptors (Lipinski definition) is 6. The average molecular weight is 363 g/mol. The number of Topliss-reactive ketones (excluding diaryl/α,β-unsaturated/α-hetero) is 1. The average Bonchev–Trinajstić information content (AvgIpc) is 2.60. The summed E-state index contributed by atoms with van der Waals surface area (Å²) in [5.74, 6) is -1.51. The number of ether oxygens (including phenoxy) is 1. The molecule has 0 aliphatic carbocycles. The molecule has 0 aliphatic heterocycles. The molecule has 1 atom stereocenters. The Morgan fingerprint density at radius 3 is 2.32 bits per heavy atom. The van der Waals surface area contributed by atoms with Gasteiger partial charge in [0.15, 0.2) is 6.10 Å². The summed E-state index contributed by atoms with van der Waals surface area (Å²) in [4.78, 5) is 34.7. The van der Waals surface area contributed by atoms with Gasteiger partial charge in [-0.3, -0.25) is 19.7 Å². The summed E-state index contributed by atoms with van der Waals surface area (Å²) in [7, 11) is 0. The number of nitro groups is 1. The van der Waals surface area contributed by atoms with Crippen molar-refractivity contribution in [2.75, 3.05) is 5.75 Å². The number of benzene rings is 2. The van der Waals surface area contributed by atoms with Gasteiger partial charge in [-0.15, -0.1) is 11.8 Å². The van der Waals surface area contributed by atoms with Crippen LogP contribution in [0.1, 0.15) is 17.3 Å². The number of nitrogens with zero attached hydrogens (tertiary/aromatic N) is 1. The van der Waals surface area contributed by atoms with Gasteiger partial charge in [-0.25, -0.2) is 4.39 Å². The van der Waals surface area contributed by atoms with Gasteiger partial charge in [-0.05, 0) is 43.3 Å². The smallest absolute Gasteiger partial charge is 0.316 e. The lowest BCUT2D eigenvalue weighted by molar-refractivity contribution is -0.384. The van der Waals surface area contributed by atoms with E-state index in [0.29, 0.717) is 4.90 Å². The fourth-order valence-electron chi connectivity index (χ4n) is 1.94. The molecule has 0 saturated heterocycles. The highest BCUT2D eigenvalue weighted by molar-refractivity contribution is 8.00. The van der Waals surface area contributed by atoms with E-state index in [-0.39, 0.29) is 17.0 Å². The van der Waals surface area contributed by atoms with Crippen LogP contribution in [0.3, 0.4) is 0 Å². The van der Waals surface area contributed by atoms with E-state index < -0.39 is 28.6 Å². The van der Waals surface area contributed by atoms with Gasteiger partial charge in [0.1, 0.15) is 5.82 Å². The van der Waals surface area contributed by atoms with Crippen LogP contribution in [0.2, 0.25) is 0 Å². The van der Waals surface area contributed by atoms with E-state index in [0.717, 1.165) is 23.9 Å². The van der Waals surface area contributed by atoms with E-state index in [1.807, 2.05) is 0 Å². The summed E-state index contributed by atoms with van der Waals surface area (Å²) in [6, 6.07) is 10.7. The van der Waals surface area contributed by atoms with Crippen LogP contribution in [0.5, 0.6) is 0 Å². The number of thioether (sulfide) groups is 1. The first-order valence-electron chi connectivity index (χ1n) is 7.23. The third kappa shape index (κ3) is 5.39. The maximum absolute atomic E-state index is 12.9. The van der Waals surface area contributed by atoms with Crippen molar-refractivity contribution in [2.45, 2.75) is 17.9 Å². The Kier molecular flexibility index (Phi) is 6.24. The minimum atomic E-state index is -0.990. The molecular formula is C17H14FNO5S. The Balaban J connectivity index is 1.85. The standard InChI is InChI=1S/C17H14FNO5S/c1-11(17(21)12-2-4-13(18)5-3-12)24-16(20)10-25-15-8-6-14(7-9-15)19(22)23/h2-9,11H,10H2,1H3/t11-/m1/s1. The van der Waals surface area contributed by atoms with Crippen molar-refractivity contribution in [3.8, 4) is 0 Å². The molecule has 0 spiro atoms. The highest BCUT2D eigenvalue weighted by atomic mass is 32.2. The zero-order valence-electron chi connectivity index (χ0n) is 13.2. The first-order chi connectivity index (χ1) is 11.9. The van der Waals surface area contributed by atoms with Crippen LogP contribution in [-0.2, 0) is 9.53 Å². The number of non-ortho nitro benzene ring substituents is 1. The quantitative estimate of drug-likeness (QED) is 0.245. The highest BCUT2D eigenvalue weighted by Gasteiger charge is 2.19. The molecule has 2 aromatic rings. The molecule has 0 aliphatic rings. The topological polar surface area (TPSA) is 86.5 Å². The molecule has 25 heavy (non-hydrogen) atoms. The summed E-state index contributed by atoms with van der Waals surface area (Å²) in [5.41, 5.74) is 0.218. The van der Waals surface area contributed by atoms with E-state index >= 15 is 0 Å². The molecule has 0 amide bonds. The molecule has 0 saturated carbocycles. The minimum absolute atomic E-state index is 0.0366. The lowest BCUT2D eigenvalue weighted by Gasteiger charge is -2.12. The third-order valence-electron chi connectivity index (χ3n) is 3.21. The fraction of sp³-hybridized carbons (Fsp3) is 0.176. The molecule has 6 nitrogen and oxygen atoms in total. The predicted molar refractivity (Wildman–Crippen MR) is 90.1 cm³/mol. The van der Waals surface area contributed by atoms with Crippen molar-refractivity contribution in [2.24, 2.45) is 0 Å². The second kappa shape index (κ2) is 8.39. The zero-order valence-corrected chi connectivity index (χ0v) is 14.0. The van der Waals surface area contributed by atoms with Gasteiger partial charge in [-0.2, -0.15) is 0 Å². The molecule has 2 rings (SSSR count). The number of carbonyl (C=O) groups is 2.